The summed E-state index contributed by atoms with van der Waals surface area (Å²) in [6, 6.07) is 17.7. The minimum Gasteiger partial charge on any atom is -0.355 e. The van der Waals surface area contributed by atoms with Crippen molar-refractivity contribution in [2.45, 2.75) is 44.4 Å². The van der Waals surface area contributed by atoms with Crippen LogP contribution < -0.4 is 5.32 Å². The minimum absolute atomic E-state index is 0.00957. The lowest BCUT2D eigenvalue weighted by Crippen LogP contribution is -2.42. The molecule has 1 heterocycles. The number of hydrogen-bond acceptors (Lipinski definition) is 3. The highest BCUT2D eigenvalue weighted by molar-refractivity contribution is 6.30. The van der Waals surface area contributed by atoms with Crippen LogP contribution >= 0.6 is 11.6 Å². The van der Waals surface area contributed by atoms with Gasteiger partial charge in [-0.2, -0.15) is 0 Å². The van der Waals surface area contributed by atoms with Crippen LogP contribution in [0, 0.1) is 6.92 Å². The molecule has 5 heteroatoms. The Balaban J connectivity index is 1.48. The van der Waals surface area contributed by atoms with Crippen molar-refractivity contribution in [1.29, 1.82) is 0 Å². The van der Waals surface area contributed by atoms with Crippen LogP contribution in [0.25, 0.3) is 11.3 Å². The molecule has 1 amide bonds. The molecule has 150 valence electrons. The Hall–Kier alpha value is -2.59. The third-order valence-electron chi connectivity index (χ3n) is 5.93. The van der Waals surface area contributed by atoms with Gasteiger partial charge in [0.05, 0.1) is 0 Å². The largest absolute Gasteiger partial charge is 0.355 e. The van der Waals surface area contributed by atoms with E-state index in [-0.39, 0.29) is 11.3 Å². The van der Waals surface area contributed by atoms with E-state index in [1.807, 2.05) is 12.1 Å². The van der Waals surface area contributed by atoms with Crippen molar-refractivity contribution < 1.29 is 9.32 Å². The molecule has 1 N–H and O–H groups in total. The summed E-state index contributed by atoms with van der Waals surface area (Å²) in [6.07, 6.45) is 5.81. The second-order valence-corrected chi connectivity index (χ2v) is 8.41. The molecule has 0 atom stereocenters. The minimum atomic E-state index is -0.203. The van der Waals surface area contributed by atoms with Crippen molar-refractivity contribution in [2.24, 2.45) is 0 Å². The Labute approximate surface area is 176 Å². The van der Waals surface area contributed by atoms with Crippen LogP contribution in [-0.4, -0.2) is 17.6 Å². The fourth-order valence-electron chi connectivity index (χ4n) is 4.18. The Morgan fingerprint density at radius 3 is 2.45 bits per heavy atom. The molecule has 0 spiro atoms. The highest BCUT2D eigenvalue weighted by atomic mass is 35.5. The molecule has 0 bridgehead atoms. The van der Waals surface area contributed by atoms with Crippen molar-refractivity contribution in [1.82, 2.24) is 10.5 Å². The molecule has 0 unspecified atom stereocenters. The highest BCUT2D eigenvalue weighted by Gasteiger charge is 2.34. The lowest BCUT2D eigenvalue weighted by molar-refractivity contribution is 0.0927. The third-order valence-corrected chi connectivity index (χ3v) is 6.19. The lowest BCUT2D eigenvalue weighted by atomic mass is 9.69. The second-order valence-electron chi connectivity index (χ2n) is 7.97. The highest BCUT2D eigenvalue weighted by Crippen LogP contribution is 2.39. The maximum atomic E-state index is 12.8. The first kappa shape index (κ1) is 19.7. The molecule has 1 aromatic heterocycles. The molecule has 3 aromatic rings. The lowest BCUT2D eigenvalue weighted by Gasteiger charge is -2.38. The van der Waals surface area contributed by atoms with Gasteiger partial charge in [0.25, 0.3) is 5.91 Å². The number of nitrogens with one attached hydrogen (secondary N) is 1. The summed E-state index contributed by atoms with van der Waals surface area (Å²) in [5.41, 5.74) is 3.69. The van der Waals surface area contributed by atoms with Crippen molar-refractivity contribution in [2.75, 3.05) is 6.54 Å². The van der Waals surface area contributed by atoms with E-state index in [0.29, 0.717) is 23.0 Å². The first-order valence-corrected chi connectivity index (χ1v) is 10.5. The summed E-state index contributed by atoms with van der Waals surface area (Å²) in [6.45, 7) is 2.71. The van der Waals surface area contributed by atoms with Gasteiger partial charge in [0.2, 0.25) is 0 Å². The van der Waals surface area contributed by atoms with Gasteiger partial charge in [-0.1, -0.05) is 65.8 Å². The van der Waals surface area contributed by atoms with Gasteiger partial charge in [0, 0.05) is 28.6 Å². The summed E-state index contributed by atoms with van der Waals surface area (Å²) in [7, 11) is 0. The number of amides is 1. The zero-order valence-corrected chi connectivity index (χ0v) is 17.3. The standard InChI is InChI=1S/C24H25ClN2O2/c1-17-5-9-19(10-6-17)24(13-3-2-4-14-24)16-26-23(28)21-15-22(29-27-21)18-7-11-20(25)12-8-18/h5-12,15H,2-4,13-14,16H2,1H3,(H,26,28). The molecule has 0 radical (unpaired) electrons. The van der Waals surface area contributed by atoms with E-state index in [4.69, 9.17) is 16.1 Å². The number of hydrogen-bond donors (Lipinski definition) is 1. The molecule has 2 aromatic carbocycles. The molecular weight excluding hydrogens is 384 g/mol. The topological polar surface area (TPSA) is 55.1 Å². The molecule has 1 saturated carbocycles. The van der Waals surface area contributed by atoms with Gasteiger partial charge in [-0.3, -0.25) is 4.79 Å². The zero-order valence-electron chi connectivity index (χ0n) is 16.6. The summed E-state index contributed by atoms with van der Waals surface area (Å²) in [5, 5.41) is 7.73. The molecule has 1 aliphatic carbocycles. The van der Waals surface area contributed by atoms with E-state index in [0.717, 1.165) is 18.4 Å². The van der Waals surface area contributed by atoms with Crippen molar-refractivity contribution >= 4 is 17.5 Å². The van der Waals surface area contributed by atoms with E-state index >= 15 is 0 Å². The summed E-state index contributed by atoms with van der Waals surface area (Å²) < 4.78 is 5.37. The molecule has 1 fully saturated rings. The monoisotopic (exact) mass is 408 g/mol. The number of benzene rings is 2. The Kier molecular flexibility index (Phi) is 5.72. The molecule has 29 heavy (non-hydrogen) atoms. The quantitative estimate of drug-likeness (QED) is 0.568. The van der Waals surface area contributed by atoms with Gasteiger partial charge < -0.3 is 9.84 Å². The van der Waals surface area contributed by atoms with E-state index in [1.165, 1.54) is 30.4 Å². The van der Waals surface area contributed by atoms with Crippen molar-refractivity contribution in [3.05, 3.63) is 76.4 Å². The van der Waals surface area contributed by atoms with Crippen molar-refractivity contribution in [3.63, 3.8) is 0 Å². The number of carbonyl (C=O) groups is 1. The van der Waals surface area contributed by atoms with Crippen LogP contribution in [0.4, 0.5) is 0 Å². The first-order chi connectivity index (χ1) is 14.1. The summed E-state index contributed by atoms with van der Waals surface area (Å²) >= 11 is 5.93. The fraction of sp³-hybridized carbons (Fsp3) is 0.333. The molecule has 0 aliphatic heterocycles. The average Bonchev–Trinajstić information content (AvgIpc) is 3.24. The molecule has 1 aliphatic rings. The van der Waals surface area contributed by atoms with Crippen LogP contribution in [0.3, 0.4) is 0 Å². The van der Waals surface area contributed by atoms with Crippen LogP contribution in [0.5, 0.6) is 0 Å². The molecular formula is C24H25ClN2O2. The summed E-state index contributed by atoms with van der Waals surface area (Å²) in [4.78, 5) is 12.8. The van der Waals surface area contributed by atoms with E-state index in [1.54, 1.807) is 18.2 Å². The first-order valence-electron chi connectivity index (χ1n) is 10.1. The number of aromatic nitrogens is 1. The van der Waals surface area contributed by atoms with Crippen LogP contribution in [0.15, 0.2) is 59.1 Å². The zero-order chi connectivity index (χ0) is 20.3. The number of rotatable bonds is 5. The molecule has 4 rings (SSSR count). The number of nitrogens with zero attached hydrogens (tertiary/aromatic N) is 1. The third kappa shape index (κ3) is 4.38. The number of halogens is 1. The SMILES string of the molecule is Cc1ccc(C2(CNC(=O)c3cc(-c4ccc(Cl)cc4)on3)CCCCC2)cc1. The maximum Gasteiger partial charge on any atom is 0.273 e. The van der Waals surface area contributed by atoms with Crippen molar-refractivity contribution in [3.8, 4) is 11.3 Å². The Morgan fingerprint density at radius 1 is 1.07 bits per heavy atom. The van der Waals surface area contributed by atoms with Crippen LogP contribution in [0.1, 0.15) is 53.7 Å². The smallest absolute Gasteiger partial charge is 0.273 e. The number of aryl methyl sites for hydroxylation is 1. The van der Waals surface area contributed by atoms with Gasteiger partial charge in [-0.25, -0.2) is 0 Å². The average molecular weight is 409 g/mol. The predicted octanol–water partition coefficient (Wildman–Crippen LogP) is 5.94. The van der Waals surface area contributed by atoms with Crippen LogP contribution in [0.2, 0.25) is 5.02 Å². The second kappa shape index (κ2) is 8.42. The Morgan fingerprint density at radius 2 is 1.76 bits per heavy atom. The van der Waals surface area contributed by atoms with Gasteiger partial charge in [-0.15, -0.1) is 0 Å². The predicted molar refractivity (Wildman–Crippen MR) is 115 cm³/mol. The van der Waals surface area contributed by atoms with Gasteiger partial charge in [0.15, 0.2) is 11.5 Å². The van der Waals surface area contributed by atoms with E-state index in [2.05, 4.69) is 41.7 Å². The number of carbonyl (C=O) groups excluding carboxylic acids is 1. The van der Waals surface area contributed by atoms with Crippen LogP contribution in [-0.2, 0) is 5.41 Å². The summed E-state index contributed by atoms with van der Waals surface area (Å²) in [5.74, 6) is 0.351. The Bertz CT molecular complexity index is 971. The molecule has 4 nitrogen and oxygen atoms in total. The normalized spacial score (nSPS) is 15.8. The van der Waals surface area contributed by atoms with E-state index in [9.17, 15) is 4.79 Å². The fourth-order valence-corrected chi connectivity index (χ4v) is 4.30. The van der Waals surface area contributed by atoms with Gasteiger partial charge in [-0.05, 0) is 49.6 Å². The van der Waals surface area contributed by atoms with Gasteiger partial charge >= 0.3 is 0 Å². The molecule has 0 saturated heterocycles. The maximum absolute atomic E-state index is 12.8. The van der Waals surface area contributed by atoms with E-state index < -0.39 is 0 Å². The van der Waals surface area contributed by atoms with Gasteiger partial charge in [0.1, 0.15) is 0 Å².